The van der Waals surface area contributed by atoms with Gasteiger partial charge < -0.3 is 9.64 Å². The summed E-state index contributed by atoms with van der Waals surface area (Å²) in [6.45, 7) is 4.87. The minimum absolute atomic E-state index is 0.153. The summed E-state index contributed by atoms with van der Waals surface area (Å²) in [5.41, 5.74) is 2.23. The van der Waals surface area contributed by atoms with Crippen LogP contribution in [-0.4, -0.2) is 46.0 Å². The van der Waals surface area contributed by atoms with Gasteiger partial charge in [0.1, 0.15) is 12.3 Å². The highest BCUT2D eigenvalue weighted by Crippen LogP contribution is 2.33. The lowest BCUT2D eigenvalue weighted by molar-refractivity contribution is -0.129. The number of benzene rings is 2. The molecule has 0 atom stereocenters. The number of methoxy groups -OCH3 is 1. The van der Waals surface area contributed by atoms with Gasteiger partial charge in [0.25, 0.3) is 10.0 Å². The van der Waals surface area contributed by atoms with E-state index in [0.717, 1.165) is 36.8 Å². The second kappa shape index (κ2) is 9.51. The van der Waals surface area contributed by atoms with Gasteiger partial charge in [0.2, 0.25) is 5.91 Å². The van der Waals surface area contributed by atoms with Gasteiger partial charge in [-0.1, -0.05) is 36.6 Å². The number of carbonyl (C=O) groups excluding carboxylic acids is 1. The molecule has 0 bridgehead atoms. The molecule has 0 N–H and O–H groups in total. The van der Waals surface area contributed by atoms with Crippen molar-refractivity contribution in [3.05, 3.63) is 53.6 Å². The Bertz CT molecular complexity index is 979. The number of anilines is 1. The fourth-order valence-electron chi connectivity index (χ4n) is 3.67. The first-order valence-corrected chi connectivity index (χ1v) is 11.8. The van der Waals surface area contributed by atoms with Crippen molar-refractivity contribution in [2.24, 2.45) is 0 Å². The van der Waals surface area contributed by atoms with Crippen LogP contribution in [0.1, 0.15) is 36.8 Å². The molecule has 0 radical (unpaired) electrons. The van der Waals surface area contributed by atoms with Crippen molar-refractivity contribution < 1.29 is 17.9 Å². The zero-order valence-electron chi connectivity index (χ0n) is 17.9. The Labute approximate surface area is 179 Å². The maximum absolute atomic E-state index is 13.6. The van der Waals surface area contributed by atoms with Crippen LogP contribution in [0.4, 0.5) is 5.69 Å². The van der Waals surface area contributed by atoms with E-state index in [4.69, 9.17) is 4.74 Å². The Hall–Kier alpha value is -2.54. The number of amides is 1. The second-order valence-corrected chi connectivity index (χ2v) is 9.66. The molecule has 1 saturated heterocycles. The Morgan fingerprint density at radius 1 is 0.967 bits per heavy atom. The molecule has 0 aliphatic carbocycles. The Morgan fingerprint density at radius 3 is 2.17 bits per heavy atom. The molecule has 7 heteroatoms. The Kier molecular flexibility index (Phi) is 7.02. The Morgan fingerprint density at radius 2 is 1.57 bits per heavy atom. The minimum atomic E-state index is -3.96. The monoisotopic (exact) mass is 430 g/mol. The summed E-state index contributed by atoms with van der Waals surface area (Å²) in [5.74, 6) is 0.232. The second-order valence-electron chi connectivity index (χ2n) is 7.80. The first kappa shape index (κ1) is 22.2. The van der Waals surface area contributed by atoms with Crippen molar-refractivity contribution in [2.45, 2.75) is 44.4 Å². The van der Waals surface area contributed by atoms with Crippen molar-refractivity contribution in [3.63, 3.8) is 0 Å². The Balaban J connectivity index is 2.03. The lowest BCUT2D eigenvalue weighted by Gasteiger charge is -2.29. The van der Waals surface area contributed by atoms with Crippen molar-refractivity contribution in [3.8, 4) is 5.75 Å². The molecule has 1 fully saturated rings. The first-order valence-electron chi connectivity index (χ1n) is 10.3. The normalized spacial score (nSPS) is 14.8. The zero-order chi connectivity index (χ0) is 21.7. The molecule has 2 aromatic carbocycles. The highest BCUT2D eigenvalue weighted by atomic mass is 32.2. The number of sulfonamides is 1. The molecular formula is C23H30N2O4S. The molecule has 1 amide bonds. The molecule has 0 spiro atoms. The molecule has 30 heavy (non-hydrogen) atoms. The topological polar surface area (TPSA) is 66.9 Å². The molecule has 6 nitrogen and oxygen atoms in total. The van der Waals surface area contributed by atoms with Crippen LogP contribution < -0.4 is 9.04 Å². The number of hydrogen-bond donors (Lipinski definition) is 0. The molecular weight excluding hydrogens is 400 g/mol. The van der Waals surface area contributed by atoms with Crippen LogP contribution in [0.2, 0.25) is 0 Å². The van der Waals surface area contributed by atoms with E-state index in [1.54, 1.807) is 41.3 Å². The van der Waals surface area contributed by atoms with Gasteiger partial charge in [0.15, 0.2) is 0 Å². The largest absolute Gasteiger partial charge is 0.495 e. The van der Waals surface area contributed by atoms with E-state index < -0.39 is 10.0 Å². The van der Waals surface area contributed by atoms with Gasteiger partial charge >= 0.3 is 0 Å². The molecule has 0 aromatic heterocycles. The summed E-state index contributed by atoms with van der Waals surface area (Å²) in [4.78, 5) is 15.1. The summed E-state index contributed by atoms with van der Waals surface area (Å²) >= 11 is 0. The molecule has 0 unspecified atom stereocenters. The quantitative estimate of drug-likeness (QED) is 0.697. The highest BCUT2D eigenvalue weighted by molar-refractivity contribution is 7.92. The lowest BCUT2D eigenvalue weighted by atomic mass is 10.2. The van der Waals surface area contributed by atoms with Gasteiger partial charge in [-0.3, -0.25) is 9.10 Å². The maximum atomic E-state index is 13.6. The molecule has 0 saturated carbocycles. The summed E-state index contributed by atoms with van der Waals surface area (Å²) < 4.78 is 33.9. The van der Waals surface area contributed by atoms with Crippen molar-refractivity contribution in [1.29, 1.82) is 0 Å². The SMILES string of the molecule is COc1ccc(C)cc1N(CC(=O)N1CCCCCC1)S(=O)(=O)c1ccc(C)cc1. The summed E-state index contributed by atoms with van der Waals surface area (Å²) in [6.07, 6.45) is 4.09. The lowest BCUT2D eigenvalue weighted by Crippen LogP contribution is -2.43. The summed E-state index contributed by atoms with van der Waals surface area (Å²) in [7, 11) is -2.46. The van der Waals surface area contributed by atoms with Crippen molar-refractivity contribution in [2.75, 3.05) is 31.0 Å². The van der Waals surface area contributed by atoms with E-state index in [-0.39, 0.29) is 17.3 Å². The average Bonchev–Trinajstić information content (AvgIpc) is 3.01. The van der Waals surface area contributed by atoms with Crippen molar-refractivity contribution in [1.82, 2.24) is 4.90 Å². The summed E-state index contributed by atoms with van der Waals surface area (Å²) in [5, 5.41) is 0. The molecule has 3 rings (SSSR count). The van der Waals surface area contributed by atoms with Crippen molar-refractivity contribution >= 4 is 21.6 Å². The summed E-state index contributed by atoms with van der Waals surface area (Å²) in [6, 6.07) is 12.0. The highest BCUT2D eigenvalue weighted by Gasteiger charge is 2.31. The molecule has 1 aliphatic rings. The van der Waals surface area contributed by atoms with Gasteiger partial charge in [0, 0.05) is 13.1 Å². The van der Waals surface area contributed by atoms with E-state index in [2.05, 4.69) is 0 Å². The van der Waals surface area contributed by atoms with Crippen LogP contribution in [-0.2, 0) is 14.8 Å². The van der Waals surface area contributed by atoms with Gasteiger partial charge in [0.05, 0.1) is 17.7 Å². The smallest absolute Gasteiger partial charge is 0.264 e. The zero-order valence-corrected chi connectivity index (χ0v) is 18.7. The van der Waals surface area contributed by atoms with Gasteiger partial charge in [-0.15, -0.1) is 0 Å². The molecule has 1 heterocycles. The first-order chi connectivity index (χ1) is 14.3. The molecule has 1 aliphatic heterocycles. The molecule has 2 aromatic rings. The predicted molar refractivity (Wildman–Crippen MR) is 118 cm³/mol. The van der Waals surface area contributed by atoms with E-state index in [0.29, 0.717) is 24.5 Å². The standard InChI is InChI=1S/C23H30N2O4S/c1-18-8-11-20(12-9-18)30(27,28)25(21-16-19(2)10-13-22(21)29-3)17-23(26)24-14-6-4-5-7-15-24/h8-13,16H,4-7,14-15,17H2,1-3H3. The molecule has 162 valence electrons. The van der Waals surface area contributed by atoms with Crippen LogP contribution in [0.5, 0.6) is 5.75 Å². The van der Waals surface area contributed by atoms with Gasteiger partial charge in [-0.05, 0) is 56.5 Å². The number of aryl methyl sites for hydroxylation is 2. The van der Waals surface area contributed by atoms with Crippen LogP contribution in [0.3, 0.4) is 0 Å². The van der Waals surface area contributed by atoms with E-state index >= 15 is 0 Å². The van der Waals surface area contributed by atoms with E-state index in [1.165, 1.54) is 11.4 Å². The average molecular weight is 431 g/mol. The third kappa shape index (κ3) is 4.95. The van der Waals surface area contributed by atoms with Crippen LogP contribution in [0.15, 0.2) is 47.4 Å². The van der Waals surface area contributed by atoms with E-state index in [9.17, 15) is 13.2 Å². The van der Waals surface area contributed by atoms with Gasteiger partial charge in [-0.2, -0.15) is 0 Å². The third-order valence-corrected chi connectivity index (χ3v) is 7.22. The number of hydrogen-bond acceptors (Lipinski definition) is 4. The fourth-order valence-corrected chi connectivity index (χ4v) is 5.09. The number of nitrogens with zero attached hydrogens (tertiary/aromatic N) is 2. The number of rotatable bonds is 6. The number of ether oxygens (including phenoxy) is 1. The van der Waals surface area contributed by atoms with Crippen LogP contribution >= 0.6 is 0 Å². The van der Waals surface area contributed by atoms with E-state index in [1.807, 2.05) is 19.9 Å². The van der Waals surface area contributed by atoms with Crippen LogP contribution in [0.25, 0.3) is 0 Å². The minimum Gasteiger partial charge on any atom is -0.495 e. The maximum Gasteiger partial charge on any atom is 0.264 e. The number of likely N-dealkylation sites (tertiary alicyclic amines) is 1. The third-order valence-electron chi connectivity index (χ3n) is 5.45. The van der Waals surface area contributed by atoms with Gasteiger partial charge in [-0.25, -0.2) is 8.42 Å². The predicted octanol–water partition coefficient (Wildman–Crippen LogP) is 3.91. The van der Waals surface area contributed by atoms with Crippen LogP contribution in [0, 0.1) is 13.8 Å². The fraction of sp³-hybridized carbons (Fsp3) is 0.435. The number of carbonyl (C=O) groups is 1.